The van der Waals surface area contributed by atoms with Crippen molar-refractivity contribution in [2.75, 3.05) is 6.61 Å². The minimum absolute atomic E-state index is 0.134. The quantitative estimate of drug-likeness (QED) is 0.545. The van der Waals surface area contributed by atoms with Crippen molar-refractivity contribution in [1.29, 1.82) is 0 Å². The Hall–Kier alpha value is -1.93. The van der Waals surface area contributed by atoms with Crippen LogP contribution in [0.1, 0.15) is 17.4 Å². The SMILES string of the molecule is CC(C#CCO)OC(=O)c1cnccn1. The molecule has 0 saturated heterocycles. The Morgan fingerprint density at radius 3 is 3.07 bits per heavy atom. The van der Waals surface area contributed by atoms with Crippen LogP contribution in [-0.2, 0) is 4.74 Å². The van der Waals surface area contributed by atoms with Crippen LogP contribution < -0.4 is 0 Å². The Kier molecular flexibility index (Phi) is 4.26. The van der Waals surface area contributed by atoms with Crippen LogP contribution in [0.25, 0.3) is 0 Å². The van der Waals surface area contributed by atoms with Gasteiger partial charge in [-0.25, -0.2) is 9.78 Å². The summed E-state index contributed by atoms with van der Waals surface area (Å²) in [6.07, 6.45) is 3.60. The van der Waals surface area contributed by atoms with Gasteiger partial charge in [0.1, 0.15) is 6.61 Å². The summed E-state index contributed by atoms with van der Waals surface area (Å²) in [7, 11) is 0. The number of aliphatic hydroxyl groups excluding tert-OH is 1. The van der Waals surface area contributed by atoms with Crippen molar-refractivity contribution in [2.45, 2.75) is 13.0 Å². The zero-order chi connectivity index (χ0) is 11.1. The van der Waals surface area contributed by atoms with E-state index in [0.29, 0.717) is 0 Å². The fourth-order valence-corrected chi connectivity index (χ4v) is 0.844. The molecular weight excluding hydrogens is 196 g/mol. The van der Waals surface area contributed by atoms with Crippen LogP contribution in [0.2, 0.25) is 0 Å². The molecule has 0 radical (unpaired) electrons. The van der Waals surface area contributed by atoms with E-state index in [4.69, 9.17) is 9.84 Å². The average Bonchev–Trinajstić information content (AvgIpc) is 2.27. The number of esters is 1. The van der Waals surface area contributed by atoms with E-state index in [9.17, 15) is 4.79 Å². The summed E-state index contributed by atoms with van der Waals surface area (Å²) in [4.78, 5) is 18.9. The molecule has 1 N–H and O–H groups in total. The minimum atomic E-state index is -0.581. The largest absolute Gasteiger partial charge is 0.445 e. The van der Waals surface area contributed by atoms with E-state index >= 15 is 0 Å². The highest BCUT2D eigenvalue weighted by atomic mass is 16.5. The van der Waals surface area contributed by atoms with Crippen LogP contribution >= 0.6 is 0 Å². The normalized spacial score (nSPS) is 11.1. The molecule has 0 saturated carbocycles. The lowest BCUT2D eigenvalue weighted by Crippen LogP contribution is -2.14. The highest BCUT2D eigenvalue weighted by Crippen LogP contribution is 1.98. The van der Waals surface area contributed by atoms with Gasteiger partial charge in [0.25, 0.3) is 0 Å². The van der Waals surface area contributed by atoms with Crippen LogP contribution in [0, 0.1) is 11.8 Å². The number of ether oxygens (including phenoxy) is 1. The number of hydrogen-bond acceptors (Lipinski definition) is 5. The van der Waals surface area contributed by atoms with Gasteiger partial charge in [-0.05, 0) is 6.92 Å². The molecule has 1 aromatic rings. The van der Waals surface area contributed by atoms with Crippen LogP contribution in [0.15, 0.2) is 18.6 Å². The highest BCUT2D eigenvalue weighted by Gasteiger charge is 2.10. The van der Waals surface area contributed by atoms with Crippen molar-refractivity contribution >= 4 is 5.97 Å². The first-order valence-electron chi connectivity index (χ1n) is 4.30. The summed E-state index contributed by atoms with van der Waals surface area (Å²) < 4.78 is 4.91. The molecule has 0 bridgehead atoms. The van der Waals surface area contributed by atoms with Gasteiger partial charge in [0.2, 0.25) is 0 Å². The molecule has 5 nitrogen and oxygen atoms in total. The molecule has 1 rings (SSSR count). The van der Waals surface area contributed by atoms with E-state index < -0.39 is 12.1 Å². The Labute approximate surface area is 87.1 Å². The van der Waals surface area contributed by atoms with Crippen molar-refractivity contribution in [2.24, 2.45) is 0 Å². The van der Waals surface area contributed by atoms with Gasteiger partial charge >= 0.3 is 5.97 Å². The smallest absolute Gasteiger partial charge is 0.359 e. The molecule has 0 spiro atoms. The molecule has 15 heavy (non-hydrogen) atoms. The zero-order valence-electron chi connectivity index (χ0n) is 8.17. The van der Waals surface area contributed by atoms with E-state index in [1.807, 2.05) is 0 Å². The summed E-state index contributed by atoms with van der Waals surface area (Å²) in [6, 6.07) is 0. The molecule has 1 aromatic heterocycles. The number of carbonyl (C=O) groups is 1. The first kappa shape index (κ1) is 11.1. The first-order chi connectivity index (χ1) is 7.24. The predicted octanol–water partition coefficient (Wildman–Crippen LogP) is 0.0176. The van der Waals surface area contributed by atoms with E-state index in [0.717, 1.165) is 0 Å². The van der Waals surface area contributed by atoms with Crippen molar-refractivity contribution in [3.8, 4) is 11.8 Å². The number of hydrogen-bond donors (Lipinski definition) is 1. The maximum absolute atomic E-state index is 11.4. The van der Waals surface area contributed by atoms with Crippen molar-refractivity contribution in [3.05, 3.63) is 24.3 Å². The molecule has 78 valence electrons. The monoisotopic (exact) mass is 206 g/mol. The minimum Gasteiger partial charge on any atom is -0.445 e. The van der Waals surface area contributed by atoms with E-state index in [1.165, 1.54) is 18.6 Å². The molecule has 5 heteroatoms. The Bertz CT molecular complexity index is 381. The zero-order valence-corrected chi connectivity index (χ0v) is 8.17. The summed E-state index contributed by atoms with van der Waals surface area (Å²) in [5.41, 5.74) is 0.134. The molecule has 0 aliphatic rings. The van der Waals surface area contributed by atoms with Crippen LogP contribution in [0.4, 0.5) is 0 Å². The molecule has 0 amide bonds. The second kappa shape index (κ2) is 5.73. The molecule has 0 aliphatic carbocycles. The molecule has 1 heterocycles. The number of carbonyl (C=O) groups excluding carboxylic acids is 1. The molecular formula is C10H10N2O3. The summed E-state index contributed by atoms with van der Waals surface area (Å²) in [6.45, 7) is 1.35. The van der Waals surface area contributed by atoms with Gasteiger partial charge in [0.05, 0.1) is 6.20 Å². The summed E-state index contributed by atoms with van der Waals surface area (Å²) in [5.74, 6) is 4.36. The van der Waals surface area contributed by atoms with Gasteiger partial charge in [-0.1, -0.05) is 11.8 Å². The number of aromatic nitrogens is 2. The van der Waals surface area contributed by atoms with Gasteiger partial charge in [-0.15, -0.1) is 0 Å². The van der Waals surface area contributed by atoms with Crippen molar-refractivity contribution < 1.29 is 14.6 Å². The Morgan fingerprint density at radius 1 is 1.67 bits per heavy atom. The predicted molar refractivity (Wildman–Crippen MR) is 51.8 cm³/mol. The van der Waals surface area contributed by atoms with Crippen molar-refractivity contribution in [3.63, 3.8) is 0 Å². The lowest BCUT2D eigenvalue weighted by atomic mass is 10.4. The summed E-state index contributed by atoms with van der Waals surface area (Å²) >= 11 is 0. The van der Waals surface area contributed by atoms with Crippen LogP contribution in [0.5, 0.6) is 0 Å². The number of aliphatic hydroxyl groups is 1. The third kappa shape index (κ3) is 3.75. The maximum Gasteiger partial charge on any atom is 0.359 e. The second-order valence-electron chi connectivity index (χ2n) is 2.62. The number of nitrogens with zero attached hydrogens (tertiary/aromatic N) is 2. The molecule has 0 aliphatic heterocycles. The van der Waals surface area contributed by atoms with Gasteiger partial charge < -0.3 is 9.84 Å². The Balaban J connectivity index is 2.57. The second-order valence-corrected chi connectivity index (χ2v) is 2.62. The third-order valence-corrected chi connectivity index (χ3v) is 1.44. The van der Waals surface area contributed by atoms with E-state index in [-0.39, 0.29) is 12.3 Å². The lowest BCUT2D eigenvalue weighted by Gasteiger charge is -2.05. The van der Waals surface area contributed by atoms with Crippen molar-refractivity contribution in [1.82, 2.24) is 9.97 Å². The van der Waals surface area contributed by atoms with Gasteiger partial charge in [-0.3, -0.25) is 4.98 Å². The van der Waals surface area contributed by atoms with Gasteiger partial charge in [0, 0.05) is 12.4 Å². The van der Waals surface area contributed by atoms with Gasteiger partial charge in [-0.2, -0.15) is 0 Å². The summed E-state index contributed by atoms with van der Waals surface area (Å²) in [5, 5.41) is 8.43. The third-order valence-electron chi connectivity index (χ3n) is 1.44. The first-order valence-corrected chi connectivity index (χ1v) is 4.30. The Morgan fingerprint density at radius 2 is 2.47 bits per heavy atom. The fraction of sp³-hybridized carbons (Fsp3) is 0.300. The lowest BCUT2D eigenvalue weighted by molar-refractivity contribution is 0.0430. The maximum atomic E-state index is 11.4. The average molecular weight is 206 g/mol. The molecule has 0 fully saturated rings. The van der Waals surface area contributed by atoms with Gasteiger partial charge in [0.15, 0.2) is 11.8 Å². The topological polar surface area (TPSA) is 72.3 Å². The van der Waals surface area contributed by atoms with E-state index in [1.54, 1.807) is 6.92 Å². The standard InChI is InChI=1S/C10H10N2O3/c1-8(3-2-6-13)15-10(14)9-7-11-4-5-12-9/h4-5,7-8,13H,6H2,1H3. The van der Waals surface area contributed by atoms with E-state index in [2.05, 4.69) is 21.8 Å². The number of rotatable bonds is 2. The van der Waals surface area contributed by atoms with Crippen LogP contribution in [-0.4, -0.2) is 33.8 Å². The molecule has 1 atom stereocenters. The van der Waals surface area contributed by atoms with Crippen LogP contribution in [0.3, 0.4) is 0 Å². The molecule has 0 aromatic carbocycles. The highest BCUT2D eigenvalue weighted by molar-refractivity contribution is 5.86. The fourth-order valence-electron chi connectivity index (χ4n) is 0.844. The molecule has 1 unspecified atom stereocenters.